The number of urea groups is 1. The minimum absolute atomic E-state index is 0.0592. The van der Waals surface area contributed by atoms with Crippen LogP contribution in [0.3, 0.4) is 0 Å². The highest BCUT2D eigenvalue weighted by Gasteiger charge is 2.27. The van der Waals surface area contributed by atoms with E-state index in [1.54, 1.807) is 17.0 Å². The SMILES string of the molecule is CC1CCN(C(=O)NCc2cccc(OC(F)F)c2)CC1O. The Bertz CT molecular complexity index is 513. The van der Waals surface area contributed by atoms with Crippen LogP contribution in [0.15, 0.2) is 24.3 Å². The Morgan fingerprint density at radius 1 is 1.55 bits per heavy atom. The van der Waals surface area contributed by atoms with E-state index in [-0.39, 0.29) is 24.2 Å². The van der Waals surface area contributed by atoms with Gasteiger partial charge in [0.2, 0.25) is 0 Å². The summed E-state index contributed by atoms with van der Waals surface area (Å²) in [6, 6.07) is 5.92. The van der Waals surface area contributed by atoms with Gasteiger partial charge in [0, 0.05) is 19.6 Å². The first-order valence-electron chi connectivity index (χ1n) is 7.20. The number of alkyl halides is 2. The van der Waals surface area contributed by atoms with Crippen molar-refractivity contribution < 1.29 is 23.4 Å². The number of hydrogen-bond donors (Lipinski definition) is 2. The van der Waals surface area contributed by atoms with E-state index in [0.29, 0.717) is 18.7 Å². The van der Waals surface area contributed by atoms with Crippen LogP contribution >= 0.6 is 0 Å². The van der Waals surface area contributed by atoms with E-state index in [0.717, 1.165) is 6.42 Å². The van der Waals surface area contributed by atoms with Crippen molar-refractivity contribution in [2.24, 2.45) is 5.92 Å². The molecule has 0 spiro atoms. The fourth-order valence-electron chi connectivity index (χ4n) is 2.35. The van der Waals surface area contributed by atoms with Crippen molar-refractivity contribution in [3.05, 3.63) is 29.8 Å². The normalized spacial score (nSPS) is 21.8. The smallest absolute Gasteiger partial charge is 0.387 e. The largest absolute Gasteiger partial charge is 0.435 e. The van der Waals surface area contributed by atoms with Gasteiger partial charge in [0.1, 0.15) is 5.75 Å². The van der Waals surface area contributed by atoms with E-state index >= 15 is 0 Å². The third-order valence-corrected chi connectivity index (χ3v) is 3.77. The predicted octanol–water partition coefficient (Wildman–Crippen LogP) is 2.20. The molecule has 1 aliphatic rings. The number of hydrogen-bond acceptors (Lipinski definition) is 3. The number of likely N-dealkylation sites (tertiary alicyclic amines) is 1. The Morgan fingerprint density at radius 2 is 2.32 bits per heavy atom. The summed E-state index contributed by atoms with van der Waals surface area (Å²) >= 11 is 0. The van der Waals surface area contributed by atoms with Crippen molar-refractivity contribution >= 4 is 6.03 Å². The van der Waals surface area contributed by atoms with Gasteiger partial charge in [0.05, 0.1) is 6.10 Å². The van der Waals surface area contributed by atoms with Gasteiger partial charge in [0.25, 0.3) is 0 Å². The Morgan fingerprint density at radius 3 is 3.00 bits per heavy atom. The topological polar surface area (TPSA) is 61.8 Å². The summed E-state index contributed by atoms with van der Waals surface area (Å²) in [5, 5.41) is 12.5. The van der Waals surface area contributed by atoms with Crippen LogP contribution in [0.25, 0.3) is 0 Å². The maximum atomic E-state index is 12.2. The van der Waals surface area contributed by atoms with E-state index < -0.39 is 12.7 Å². The quantitative estimate of drug-likeness (QED) is 0.895. The number of nitrogens with zero attached hydrogens (tertiary/aromatic N) is 1. The molecular formula is C15H20F2N2O3. The molecule has 1 aromatic carbocycles. The number of aliphatic hydroxyl groups excluding tert-OH is 1. The van der Waals surface area contributed by atoms with Crippen LogP contribution < -0.4 is 10.1 Å². The average molecular weight is 314 g/mol. The van der Waals surface area contributed by atoms with Crippen LogP contribution in [0.4, 0.5) is 13.6 Å². The molecule has 1 fully saturated rings. The number of nitrogens with one attached hydrogen (secondary N) is 1. The zero-order valence-electron chi connectivity index (χ0n) is 12.3. The molecule has 2 unspecified atom stereocenters. The van der Waals surface area contributed by atoms with Crippen molar-refractivity contribution in [1.29, 1.82) is 0 Å². The van der Waals surface area contributed by atoms with Gasteiger partial charge in [-0.15, -0.1) is 0 Å². The molecule has 0 aliphatic carbocycles. The number of amides is 2. The number of piperidine rings is 1. The van der Waals surface area contributed by atoms with Crippen LogP contribution in [0.1, 0.15) is 18.9 Å². The molecule has 122 valence electrons. The van der Waals surface area contributed by atoms with E-state index in [1.807, 2.05) is 6.92 Å². The molecule has 2 N–H and O–H groups in total. The summed E-state index contributed by atoms with van der Waals surface area (Å²) in [5.74, 6) is 0.246. The molecule has 2 rings (SSSR count). The number of rotatable bonds is 4. The number of ether oxygens (including phenoxy) is 1. The van der Waals surface area contributed by atoms with Gasteiger partial charge in [0.15, 0.2) is 0 Å². The second kappa shape index (κ2) is 7.40. The molecule has 2 atom stereocenters. The minimum atomic E-state index is -2.87. The first-order chi connectivity index (χ1) is 10.5. The highest BCUT2D eigenvalue weighted by Crippen LogP contribution is 2.18. The maximum absolute atomic E-state index is 12.2. The Balaban J connectivity index is 1.86. The zero-order valence-corrected chi connectivity index (χ0v) is 12.3. The van der Waals surface area contributed by atoms with Crippen molar-refractivity contribution in [2.75, 3.05) is 13.1 Å². The van der Waals surface area contributed by atoms with E-state index in [9.17, 15) is 18.7 Å². The van der Waals surface area contributed by atoms with Crippen LogP contribution in [0.5, 0.6) is 5.75 Å². The first-order valence-corrected chi connectivity index (χ1v) is 7.20. The molecule has 0 bridgehead atoms. The summed E-state index contributed by atoms with van der Waals surface area (Å²) in [4.78, 5) is 13.6. The van der Waals surface area contributed by atoms with Crippen molar-refractivity contribution in [2.45, 2.75) is 32.6 Å². The lowest BCUT2D eigenvalue weighted by molar-refractivity contribution is -0.0498. The van der Waals surface area contributed by atoms with Crippen molar-refractivity contribution in [1.82, 2.24) is 10.2 Å². The molecule has 0 saturated carbocycles. The number of carbonyl (C=O) groups excluding carboxylic acids is 1. The number of halogens is 2. The van der Waals surface area contributed by atoms with Crippen molar-refractivity contribution in [3.63, 3.8) is 0 Å². The standard InChI is InChI=1S/C15H20F2N2O3/c1-10-5-6-19(9-13(10)20)15(21)18-8-11-3-2-4-12(7-11)22-14(16)17/h2-4,7,10,13-14,20H,5-6,8-9H2,1H3,(H,18,21). The Labute approximate surface area is 127 Å². The lowest BCUT2D eigenvalue weighted by Gasteiger charge is -2.34. The molecule has 5 nitrogen and oxygen atoms in total. The lowest BCUT2D eigenvalue weighted by Crippen LogP contribution is -2.49. The number of benzene rings is 1. The van der Waals surface area contributed by atoms with Gasteiger partial charge < -0.3 is 20.1 Å². The molecule has 0 radical (unpaired) electrons. The van der Waals surface area contributed by atoms with E-state index in [4.69, 9.17) is 0 Å². The first kappa shape index (κ1) is 16.5. The van der Waals surface area contributed by atoms with Crippen LogP contribution in [0, 0.1) is 5.92 Å². The monoisotopic (exact) mass is 314 g/mol. The maximum Gasteiger partial charge on any atom is 0.387 e. The van der Waals surface area contributed by atoms with Gasteiger partial charge >= 0.3 is 12.6 Å². The summed E-state index contributed by atoms with van der Waals surface area (Å²) in [7, 11) is 0. The summed E-state index contributed by atoms with van der Waals surface area (Å²) in [6.45, 7) is 0.192. The molecule has 22 heavy (non-hydrogen) atoms. The number of aliphatic hydroxyl groups is 1. The van der Waals surface area contributed by atoms with Gasteiger partial charge in [-0.05, 0) is 30.0 Å². The summed E-state index contributed by atoms with van der Waals surface area (Å²) < 4.78 is 28.6. The van der Waals surface area contributed by atoms with Crippen LogP contribution in [-0.2, 0) is 6.54 Å². The summed E-state index contributed by atoms with van der Waals surface area (Å²) in [5.41, 5.74) is 0.664. The zero-order chi connectivity index (χ0) is 16.1. The highest BCUT2D eigenvalue weighted by molar-refractivity contribution is 5.74. The van der Waals surface area contributed by atoms with E-state index in [2.05, 4.69) is 10.1 Å². The third kappa shape index (κ3) is 4.56. The molecule has 2 amide bonds. The summed E-state index contributed by atoms with van der Waals surface area (Å²) in [6.07, 6.45) is 0.244. The molecule has 0 aromatic heterocycles. The molecular weight excluding hydrogens is 294 g/mol. The van der Waals surface area contributed by atoms with Gasteiger partial charge in [-0.3, -0.25) is 0 Å². The van der Waals surface area contributed by atoms with Gasteiger partial charge in [-0.1, -0.05) is 19.1 Å². The third-order valence-electron chi connectivity index (χ3n) is 3.77. The predicted molar refractivity (Wildman–Crippen MR) is 76.7 cm³/mol. The van der Waals surface area contributed by atoms with Crippen LogP contribution in [0.2, 0.25) is 0 Å². The van der Waals surface area contributed by atoms with Gasteiger partial charge in [-0.25, -0.2) is 4.79 Å². The second-order valence-electron chi connectivity index (χ2n) is 5.46. The number of carbonyl (C=O) groups is 1. The van der Waals surface area contributed by atoms with Crippen LogP contribution in [-0.4, -0.2) is 41.8 Å². The lowest BCUT2D eigenvalue weighted by atomic mass is 9.96. The molecule has 7 heteroatoms. The highest BCUT2D eigenvalue weighted by atomic mass is 19.3. The number of β-amino-alcohol motifs (C(OH)–C–C–N with tert-alkyl or cyclic N) is 1. The molecule has 1 aliphatic heterocycles. The molecule has 1 saturated heterocycles. The fraction of sp³-hybridized carbons (Fsp3) is 0.533. The van der Waals surface area contributed by atoms with Crippen molar-refractivity contribution in [3.8, 4) is 5.75 Å². The minimum Gasteiger partial charge on any atom is -0.435 e. The van der Waals surface area contributed by atoms with Gasteiger partial charge in [-0.2, -0.15) is 8.78 Å². The molecule has 1 aromatic rings. The fourth-order valence-corrected chi connectivity index (χ4v) is 2.35. The Hall–Kier alpha value is -1.89. The Kier molecular flexibility index (Phi) is 5.54. The second-order valence-corrected chi connectivity index (χ2v) is 5.46. The average Bonchev–Trinajstić information content (AvgIpc) is 2.47. The van der Waals surface area contributed by atoms with E-state index in [1.165, 1.54) is 12.1 Å². The molecule has 1 heterocycles.